The Hall–Kier alpha value is -5.95. The second kappa shape index (κ2) is 17.5. The first-order chi connectivity index (χ1) is 25.4. The van der Waals surface area contributed by atoms with Gasteiger partial charge in [-0.2, -0.15) is 13.2 Å². The first-order valence-electron chi connectivity index (χ1n) is 16.4. The number of ether oxygens (including phenoxy) is 2. The molecule has 0 radical (unpaired) electrons. The van der Waals surface area contributed by atoms with Gasteiger partial charge in [0.2, 0.25) is 5.91 Å². The fraction of sp³-hybridized carbons (Fsp3) is 0.205. The Balaban J connectivity index is 1.41. The van der Waals surface area contributed by atoms with Crippen molar-refractivity contribution in [2.45, 2.75) is 31.1 Å². The highest BCUT2D eigenvalue weighted by Gasteiger charge is 2.36. The highest BCUT2D eigenvalue weighted by atomic mass is 35.5. The van der Waals surface area contributed by atoms with Crippen LogP contribution in [-0.4, -0.2) is 61.9 Å². The second-order valence-corrected chi connectivity index (χ2v) is 12.2. The van der Waals surface area contributed by atoms with Gasteiger partial charge in [-0.05, 0) is 42.7 Å². The third-order valence-electron chi connectivity index (χ3n) is 8.13. The van der Waals surface area contributed by atoms with E-state index in [0.717, 1.165) is 11.6 Å². The zero-order valence-corrected chi connectivity index (χ0v) is 29.1. The van der Waals surface area contributed by atoms with E-state index in [4.69, 9.17) is 21.1 Å². The predicted octanol–water partition coefficient (Wildman–Crippen LogP) is 7.01. The molecule has 0 saturated heterocycles. The van der Waals surface area contributed by atoms with Crippen LogP contribution in [0.25, 0.3) is 0 Å². The molecule has 0 aliphatic carbocycles. The molecule has 53 heavy (non-hydrogen) atoms. The van der Waals surface area contributed by atoms with Gasteiger partial charge >= 0.3 is 18.2 Å². The number of nitrogens with one attached hydrogen (secondary N) is 2. The highest BCUT2D eigenvalue weighted by Crippen LogP contribution is 2.36. The molecule has 1 heterocycles. The fourth-order valence-electron chi connectivity index (χ4n) is 5.59. The molecule has 4 aromatic rings. The van der Waals surface area contributed by atoms with Crippen molar-refractivity contribution < 1.29 is 41.8 Å². The maximum absolute atomic E-state index is 14.3. The van der Waals surface area contributed by atoms with E-state index in [0.29, 0.717) is 41.4 Å². The monoisotopic (exact) mass is 746 g/mol. The van der Waals surface area contributed by atoms with Gasteiger partial charge in [-0.1, -0.05) is 96.5 Å². The average Bonchev–Trinajstić information content (AvgIpc) is 3.26. The minimum atomic E-state index is -4.83. The van der Waals surface area contributed by atoms with Crippen molar-refractivity contribution >= 4 is 52.6 Å². The normalized spacial score (nSPS) is 14.8. The van der Waals surface area contributed by atoms with Gasteiger partial charge in [-0.25, -0.2) is 9.59 Å². The number of aryl methyl sites for hydroxylation is 1. The minimum absolute atomic E-state index is 0.186. The van der Waals surface area contributed by atoms with Crippen LogP contribution in [0.1, 0.15) is 28.7 Å². The van der Waals surface area contributed by atoms with E-state index in [2.05, 4.69) is 15.6 Å². The standard InChI is InChI=1S/C39H34ClF3N4O6/c1-52-35(49)21-19-28(18-16-25-10-4-2-5-11-25)44-34(48)23-47-33-15-9-8-14-29(33)36(26-12-6-3-7-13-26)45-32(37(47)50)24-53-38(51)46-31-20-17-27(40)22-30(31)39(41,42)43/h2-15,17,19-22,28,32H,16,18,23-24H2,1H3,(H,44,48)(H,46,51)/b21-19+/t28-,32+/m0/s1. The van der Waals surface area contributed by atoms with Gasteiger partial charge in [0.25, 0.3) is 5.91 Å². The molecule has 0 unspecified atom stereocenters. The summed E-state index contributed by atoms with van der Waals surface area (Å²) in [6.45, 7) is -1.16. The van der Waals surface area contributed by atoms with Gasteiger partial charge in [-0.3, -0.25) is 19.9 Å². The maximum Gasteiger partial charge on any atom is 0.418 e. The number of halogens is 4. The third-order valence-corrected chi connectivity index (χ3v) is 8.37. The number of esters is 1. The van der Waals surface area contributed by atoms with Crippen LogP contribution in [0.15, 0.2) is 120 Å². The number of rotatable bonds is 12. The summed E-state index contributed by atoms with van der Waals surface area (Å²) in [5, 5.41) is 4.77. The SMILES string of the molecule is COC(=O)/C=C/[C@H](CCc1ccccc1)NC(=O)CN1C(=O)[C@@H](COC(=O)Nc2ccc(Cl)cc2C(F)(F)F)N=C(c2ccccc2)c2ccccc21. The van der Waals surface area contributed by atoms with E-state index in [-0.39, 0.29) is 5.02 Å². The van der Waals surface area contributed by atoms with Crippen LogP contribution in [0.5, 0.6) is 0 Å². The van der Waals surface area contributed by atoms with E-state index in [9.17, 15) is 32.3 Å². The highest BCUT2D eigenvalue weighted by molar-refractivity contribution is 6.30. The number of hydrogen-bond acceptors (Lipinski definition) is 7. The number of aliphatic imine (C=N–C) groups is 1. The molecule has 1 aliphatic heterocycles. The molecule has 5 rings (SSSR count). The van der Waals surface area contributed by atoms with Gasteiger partial charge in [0, 0.05) is 28.3 Å². The Bertz CT molecular complexity index is 2010. The van der Waals surface area contributed by atoms with Crippen molar-refractivity contribution in [2.75, 3.05) is 30.5 Å². The van der Waals surface area contributed by atoms with Gasteiger partial charge in [0.1, 0.15) is 13.2 Å². The Morgan fingerprint density at radius 2 is 1.64 bits per heavy atom. The summed E-state index contributed by atoms with van der Waals surface area (Å²) in [6.07, 6.45) is -2.39. The lowest BCUT2D eigenvalue weighted by Gasteiger charge is -2.26. The molecule has 0 saturated carbocycles. The first kappa shape index (κ1) is 38.3. The maximum atomic E-state index is 14.3. The zero-order valence-electron chi connectivity index (χ0n) is 28.3. The molecule has 10 nitrogen and oxygen atoms in total. The molecular formula is C39H34ClF3N4O6. The van der Waals surface area contributed by atoms with E-state index in [1.165, 1.54) is 30.2 Å². The number of alkyl halides is 3. The number of benzene rings is 4. The number of benzodiazepines with no additional fused rings is 1. The molecule has 0 spiro atoms. The molecule has 4 aromatic carbocycles. The molecule has 1 aliphatic rings. The summed E-state index contributed by atoms with van der Waals surface area (Å²) in [5.74, 6) is -1.88. The molecule has 14 heteroatoms. The second-order valence-electron chi connectivity index (χ2n) is 11.8. The average molecular weight is 747 g/mol. The van der Waals surface area contributed by atoms with Gasteiger partial charge in [0.05, 0.1) is 29.8 Å². The van der Waals surface area contributed by atoms with Gasteiger partial charge in [0.15, 0.2) is 6.04 Å². The van der Waals surface area contributed by atoms with Gasteiger partial charge < -0.3 is 19.7 Å². The van der Waals surface area contributed by atoms with Crippen molar-refractivity contribution in [3.05, 3.63) is 143 Å². The van der Waals surface area contributed by atoms with Crippen LogP contribution in [0, 0.1) is 0 Å². The summed E-state index contributed by atoms with van der Waals surface area (Å²) in [6, 6.07) is 26.1. The molecule has 3 amide bonds. The number of nitrogens with zero attached hydrogens (tertiary/aromatic N) is 2. The van der Waals surface area contributed by atoms with Crippen LogP contribution in [-0.2, 0) is 36.5 Å². The van der Waals surface area contributed by atoms with Crippen molar-refractivity contribution in [3.63, 3.8) is 0 Å². The lowest BCUT2D eigenvalue weighted by Crippen LogP contribution is -2.47. The van der Waals surface area contributed by atoms with Crippen molar-refractivity contribution in [2.24, 2.45) is 4.99 Å². The number of methoxy groups -OCH3 is 1. The summed E-state index contributed by atoms with van der Waals surface area (Å²) in [4.78, 5) is 58.6. The minimum Gasteiger partial charge on any atom is -0.466 e. The number of carbonyl (C=O) groups is 4. The first-order valence-corrected chi connectivity index (χ1v) is 16.7. The summed E-state index contributed by atoms with van der Waals surface area (Å²) in [5.41, 5.74) is 1.08. The number of amides is 3. The number of para-hydroxylation sites is 1. The van der Waals surface area contributed by atoms with E-state index in [1.807, 2.05) is 30.3 Å². The molecule has 274 valence electrons. The van der Waals surface area contributed by atoms with Crippen molar-refractivity contribution in [3.8, 4) is 0 Å². The van der Waals surface area contributed by atoms with Crippen molar-refractivity contribution in [1.82, 2.24) is 5.32 Å². The largest absolute Gasteiger partial charge is 0.466 e. The smallest absolute Gasteiger partial charge is 0.418 e. The Morgan fingerprint density at radius 1 is 0.962 bits per heavy atom. The lowest BCUT2D eigenvalue weighted by atomic mass is 10.00. The zero-order chi connectivity index (χ0) is 38.0. The van der Waals surface area contributed by atoms with Crippen LogP contribution in [0.4, 0.5) is 29.3 Å². The lowest BCUT2D eigenvalue weighted by molar-refractivity contribution is -0.137. The van der Waals surface area contributed by atoms with Gasteiger partial charge in [-0.15, -0.1) is 0 Å². The summed E-state index contributed by atoms with van der Waals surface area (Å²) < 4.78 is 51.0. The molecule has 0 fully saturated rings. The van der Waals surface area contributed by atoms with E-state index >= 15 is 0 Å². The number of fused-ring (bicyclic) bond motifs is 1. The van der Waals surface area contributed by atoms with Crippen LogP contribution in [0.3, 0.4) is 0 Å². The number of carbonyl (C=O) groups excluding carboxylic acids is 4. The summed E-state index contributed by atoms with van der Waals surface area (Å²) in [7, 11) is 1.24. The summed E-state index contributed by atoms with van der Waals surface area (Å²) >= 11 is 5.76. The number of hydrogen-bond donors (Lipinski definition) is 2. The molecule has 0 aromatic heterocycles. The Labute approximate surface area is 308 Å². The quantitative estimate of drug-likeness (QED) is 0.119. The number of anilines is 2. The van der Waals surface area contributed by atoms with Crippen molar-refractivity contribution in [1.29, 1.82) is 0 Å². The fourth-order valence-corrected chi connectivity index (χ4v) is 5.76. The van der Waals surface area contributed by atoms with Crippen LogP contribution >= 0.6 is 11.6 Å². The van der Waals surface area contributed by atoms with Crippen LogP contribution < -0.4 is 15.5 Å². The van der Waals surface area contributed by atoms with E-state index in [1.54, 1.807) is 54.6 Å². The molecular weight excluding hydrogens is 713 g/mol. The molecule has 2 atom stereocenters. The van der Waals surface area contributed by atoms with Crippen LogP contribution in [0.2, 0.25) is 5.02 Å². The Morgan fingerprint density at radius 3 is 2.34 bits per heavy atom. The van der Waals surface area contributed by atoms with E-state index < -0.39 is 66.5 Å². The third kappa shape index (κ3) is 10.3. The topological polar surface area (TPSA) is 126 Å². The Kier molecular flexibility index (Phi) is 12.7. The molecule has 0 bridgehead atoms. The predicted molar refractivity (Wildman–Crippen MR) is 194 cm³/mol. The molecule has 2 N–H and O–H groups in total.